The van der Waals surface area contributed by atoms with Crippen LogP contribution in [-0.4, -0.2) is 25.5 Å². The van der Waals surface area contributed by atoms with Crippen molar-refractivity contribution in [2.45, 2.75) is 12.2 Å². The average Bonchev–Trinajstić information content (AvgIpc) is 2.25. The molecule has 0 radical (unpaired) electrons. The Balaban J connectivity index is 3.10. The van der Waals surface area contributed by atoms with Gasteiger partial charge in [0.05, 0.1) is 11.6 Å². The maximum Gasteiger partial charge on any atom is 0.419 e. The highest BCUT2D eigenvalue weighted by Gasteiger charge is 2.34. The summed E-state index contributed by atoms with van der Waals surface area (Å²) in [4.78, 5) is 1.77. The normalized spacial score (nSPS) is 14.0. The van der Waals surface area contributed by atoms with Crippen LogP contribution in [0.3, 0.4) is 0 Å². The first-order chi connectivity index (χ1) is 8.25. The van der Waals surface area contributed by atoms with Gasteiger partial charge in [-0.05, 0) is 31.8 Å². The lowest BCUT2D eigenvalue weighted by molar-refractivity contribution is -0.140. The minimum atomic E-state index is -4.71. The number of halogens is 4. The summed E-state index contributed by atoms with van der Waals surface area (Å²) in [6.07, 6.45) is -4.71. The third kappa shape index (κ3) is 3.66. The molecule has 0 aliphatic rings. The lowest BCUT2D eigenvalue weighted by Gasteiger charge is -2.21. The molecule has 0 aliphatic carbocycles. The highest BCUT2D eigenvalue weighted by molar-refractivity contribution is 5.29. The van der Waals surface area contributed by atoms with Crippen molar-refractivity contribution in [2.24, 2.45) is 5.84 Å². The van der Waals surface area contributed by atoms with E-state index in [4.69, 9.17) is 5.84 Å². The summed E-state index contributed by atoms with van der Waals surface area (Å²) in [5, 5.41) is 0. The summed E-state index contributed by atoms with van der Waals surface area (Å²) in [6.45, 7) is 0.402. The maximum atomic E-state index is 13.1. The zero-order valence-electron chi connectivity index (χ0n) is 10.1. The van der Waals surface area contributed by atoms with Crippen molar-refractivity contribution < 1.29 is 17.6 Å². The SMILES string of the molecule is CN(C)CC(NN)c1ccc(F)c(C(F)(F)F)c1. The molecule has 102 valence electrons. The third-order valence-electron chi connectivity index (χ3n) is 2.45. The quantitative estimate of drug-likeness (QED) is 0.496. The van der Waals surface area contributed by atoms with E-state index in [1.165, 1.54) is 6.07 Å². The number of benzene rings is 1. The van der Waals surface area contributed by atoms with Gasteiger partial charge in [-0.3, -0.25) is 11.3 Å². The van der Waals surface area contributed by atoms with Crippen molar-refractivity contribution in [1.29, 1.82) is 0 Å². The van der Waals surface area contributed by atoms with Gasteiger partial charge < -0.3 is 4.90 Å². The number of nitrogens with zero attached hydrogens (tertiary/aromatic N) is 1. The third-order valence-corrected chi connectivity index (χ3v) is 2.45. The Morgan fingerprint density at radius 2 is 1.94 bits per heavy atom. The zero-order chi connectivity index (χ0) is 13.9. The molecule has 0 heterocycles. The van der Waals surface area contributed by atoms with E-state index in [9.17, 15) is 17.6 Å². The van der Waals surface area contributed by atoms with Gasteiger partial charge in [0.1, 0.15) is 5.82 Å². The van der Waals surface area contributed by atoms with Crippen molar-refractivity contribution >= 4 is 0 Å². The van der Waals surface area contributed by atoms with Gasteiger partial charge in [-0.1, -0.05) is 6.07 Å². The second-order valence-electron chi connectivity index (χ2n) is 4.22. The van der Waals surface area contributed by atoms with Gasteiger partial charge in [-0.25, -0.2) is 4.39 Å². The second-order valence-corrected chi connectivity index (χ2v) is 4.22. The summed E-state index contributed by atoms with van der Waals surface area (Å²) in [7, 11) is 3.52. The summed E-state index contributed by atoms with van der Waals surface area (Å²) in [5.41, 5.74) is 1.43. The van der Waals surface area contributed by atoms with E-state index in [1.54, 1.807) is 19.0 Å². The van der Waals surface area contributed by atoms with Gasteiger partial charge in [-0.2, -0.15) is 13.2 Å². The molecule has 0 bridgehead atoms. The number of hydrogen-bond donors (Lipinski definition) is 2. The number of nitrogens with two attached hydrogens (primary N) is 1. The summed E-state index contributed by atoms with van der Waals surface area (Å²) >= 11 is 0. The van der Waals surface area contributed by atoms with E-state index >= 15 is 0 Å². The van der Waals surface area contributed by atoms with Gasteiger partial charge in [-0.15, -0.1) is 0 Å². The Morgan fingerprint density at radius 1 is 1.33 bits per heavy atom. The molecule has 0 saturated heterocycles. The molecular formula is C11H15F4N3. The van der Waals surface area contributed by atoms with E-state index in [2.05, 4.69) is 5.43 Å². The van der Waals surface area contributed by atoms with Gasteiger partial charge in [0.2, 0.25) is 0 Å². The predicted molar refractivity (Wildman–Crippen MR) is 60.0 cm³/mol. The molecule has 0 aliphatic heterocycles. The standard InChI is InChI=1S/C11H15F4N3/c1-18(2)6-10(17-16)7-3-4-9(12)8(5-7)11(13,14)15/h3-5,10,17H,6,16H2,1-2H3. The van der Waals surface area contributed by atoms with Gasteiger partial charge in [0, 0.05) is 6.54 Å². The Hall–Kier alpha value is -1.18. The van der Waals surface area contributed by atoms with Crippen molar-refractivity contribution in [3.8, 4) is 0 Å². The Bertz CT molecular complexity index is 404. The van der Waals surface area contributed by atoms with Crippen LogP contribution in [-0.2, 0) is 6.18 Å². The minimum absolute atomic E-state index is 0.292. The fourth-order valence-corrected chi connectivity index (χ4v) is 1.60. The molecule has 3 N–H and O–H groups in total. The first-order valence-corrected chi connectivity index (χ1v) is 5.23. The Labute approximate surface area is 103 Å². The van der Waals surface area contributed by atoms with E-state index in [0.717, 1.165) is 12.1 Å². The second kappa shape index (κ2) is 5.64. The Morgan fingerprint density at radius 3 is 2.39 bits per heavy atom. The van der Waals surface area contributed by atoms with Crippen molar-refractivity contribution in [1.82, 2.24) is 10.3 Å². The minimum Gasteiger partial charge on any atom is -0.307 e. The Kier molecular flexibility index (Phi) is 4.66. The van der Waals surface area contributed by atoms with Crippen LogP contribution >= 0.6 is 0 Å². The first kappa shape index (κ1) is 14.9. The number of likely N-dealkylation sites (N-methyl/N-ethyl adjacent to an activating group) is 1. The van der Waals surface area contributed by atoms with Gasteiger partial charge >= 0.3 is 6.18 Å². The number of nitrogens with one attached hydrogen (secondary N) is 1. The molecule has 0 aromatic heterocycles. The van der Waals surface area contributed by atoms with E-state index in [-0.39, 0.29) is 0 Å². The number of hydrazine groups is 1. The molecule has 7 heteroatoms. The van der Waals surface area contributed by atoms with Crippen molar-refractivity contribution in [3.05, 3.63) is 35.1 Å². The van der Waals surface area contributed by atoms with E-state index in [0.29, 0.717) is 12.1 Å². The smallest absolute Gasteiger partial charge is 0.307 e. The summed E-state index contributed by atoms with van der Waals surface area (Å²) < 4.78 is 50.8. The van der Waals surface area contributed by atoms with Crippen LogP contribution in [0.1, 0.15) is 17.2 Å². The highest BCUT2D eigenvalue weighted by atomic mass is 19.4. The lowest BCUT2D eigenvalue weighted by atomic mass is 10.0. The topological polar surface area (TPSA) is 41.3 Å². The summed E-state index contributed by atoms with van der Waals surface area (Å²) in [5.74, 6) is 4.01. The fraction of sp³-hybridized carbons (Fsp3) is 0.455. The van der Waals surface area contributed by atoms with E-state index in [1.807, 2.05) is 0 Å². The fourth-order valence-electron chi connectivity index (χ4n) is 1.60. The lowest BCUT2D eigenvalue weighted by Crippen LogP contribution is -2.35. The number of hydrogen-bond acceptors (Lipinski definition) is 3. The molecule has 1 unspecified atom stereocenters. The van der Waals surface area contributed by atoms with Gasteiger partial charge in [0.25, 0.3) is 0 Å². The van der Waals surface area contributed by atoms with Crippen molar-refractivity contribution in [2.75, 3.05) is 20.6 Å². The first-order valence-electron chi connectivity index (χ1n) is 5.23. The molecule has 0 amide bonds. The molecule has 1 atom stereocenters. The van der Waals surface area contributed by atoms with Crippen LogP contribution in [0.4, 0.5) is 17.6 Å². The molecule has 0 fully saturated rings. The maximum absolute atomic E-state index is 13.1. The van der Waals surface area contributed by atoms with Crippen LogP contribution in [0, 0.1) is 5.82 Å². The van der Waals surface area contributed by atoms with Crippen LogP contribution in [0.25, 0.3) is 0 Å². The van der Waals surface area contributed by atoms with Crippen LogP contribution in [0.5, 0.6) is 0 Å². The molecule has 1 rings (SSSR count). The van der Waals surface area contributed by atoms with Crippen LogP contribution < -0.4 is 11.3 Å². The van der Waals surface area contributed by atoms with Crippen molar-refractivity contribution in [3.63, 3.8) is 0 Å². The summed E-state index contributed by atoms with van der Waals surface area (Å²) in [6, 6.07) is 2.38. The molecule has 18 heavy (non-hydrogen) atoms. The average molecular weight is 265 g/mol. The molecule has 1 aromatic rings. The van der Waals surface area contributed by atoms with E-state index < -0.39 is 23.6 Å². The molecule has 0 saturated carbocycles. The van der Waals surface area contributed by atoms with Crippen LogP contribution in [0.2, 0.25) is 0 Å². The monoisotopic (exact) mass is 265 g/mol. The molecule has 0 spiro atoms. The number of rotatable bonds is 4. The largest absolute Gasteiger partial charge is 0.419 e. The molecule has 1 aromatic carbocycles. The predicted octanol–water partition coefficient (Wildman–Crippen LogP) is 1.91. The van der Waals surface area contributed by atoms with Gasteiger partial charge in [0.15, 0.2) is 0 Å². The highest BCUT2D eigenvalue weighted by Crippen LogP contribution is 2.32. The van der Waals surface area contributed by atoms with Crippen LogP contribution in [0.15, 0.2) is 18.2 Å². The molecular weight excluding hydrogens is 250 g/mol. The number of alkyl halides is 3. The zero-order valence-corrected chi connectivity index (χ0v) is 10.1. The molecule has 3 nitrogen and oxygen atoms in total.